The van der Waals surface area contributed by atoms with E-state index < -0.39 is 11.1 Å². The molecule has 1 fully saturated rings. The molecule has 1 aliphatic rings. The number of hydrogen-bond acceptors (Lipinski definition) is 9. The van der Waals surface area contributed by atoms with Gasteiger partial charge >= 0.3 is 0 Å². The van der Waals surface area contributed by atoms with Crippen LogP contribution < -0.4 is 10.2 Å². The molecular formula is C20H20N6O4S. The lowest BCUT2D eigenvalue weighted by molar-refractivity contribution is 0.177. The molecule has 1 aromatic carbocycles. The van der Waals surface area contributed by atoms with Crippen molar-refractivity contribution in [1.29, 1.82) is 0 Å². The predicted molar refractivity (Wildman–Crippen MR) is 115 cm³/mol. The van der Waals surface area contributed by atoms with Gasteiger partial charge in [-0.25, -0.2) is 14.7 Å². The van der Waals surface area contributed by atoms with E-state index in [1.165, 1.54) is 7.11 Å². The summed E-state index contributed by atoms with van der Waals surface area (Å²) >= 11 is -1.39. The monoisotopic (exact) mass is 440 g/mol. The van der Waals surface area contributed by atoms with E-state index in [0.29, 0.717) is 29.6 Å². The molecule has 160 valence electrons. The largest absolute Gasteiger partial charge is 0.479 e. The van der Waals surface area contributed by atoms with E-state index in [2.05, 4.69) is 25.6 Å². The van der Waals surface area contributed by atoms with Crippen molar-refractivity contribution in [3.8, 4) is 17.0 Å². The van der Waals surface area contributed by atoms with E-state index in [1.807, 2.05) is 28.7 Å². The van der Waals surface area contributed by atoms with Gasteiger partial charge in [-0.3, -0.25) is 9.38 Å². The number of ether oxygens (including phenoxy) is 2. The highest BCUT2D eigenvalue weighted by molar-refractivity contribution is 7.81. The van der Waals surface area contributed by atoms with Crippen molar-refractivity contribution in [2.24, 2.45) is 0 Å². The Kier molecular flexibility index (Phi) is 5.22. The van der Waals surface area contributed by atoms with Gasteiger partial charge in [0, 0.05) is 18.9 Å². The van der Waals surface area contributed by atoms with Crippen molar-refractivity contribution < 1.29 is 18.0 Å². The smallest absolute Gasteiger partial charge is 0.239 e. The summed E-state index contributed by atoms with van der Waals surface area (Å²) < 4.78 is 29.8. The molecule has 3 heterocycles. The van der Waals surface area contributed by atoms with Gasteiger partial charge in [0.1, 0.15) is 12.3 Å². The van der Waals surface area contributed by atoms with Gasteiger partial charge in [0.15, 0.2) is 22.6 Å². The lowest BCUT2D eigenvalue weighted by Gasteiger charge is -2.12. The van der Waals surface area contributed by atoms with Crippen molar-refractivity contribution in [2.45, 2.75) is 24.7 Å². The molecule has 0 amide bonds. The number of methoxy groups -OCH3 is 2. The molecule has 10 nitrogen and oxygen atoms in total. The molecule has 5 rings (SSSR count). The molecule has 1 N–H and O–H groups in total. The van der Waals surface area contributed by atoms with E-state index >= 15 is 0 Å². The van der Waals surface area contributed by atoms with Crippen LogP contribution >= 0.6 is 0 Å². The molecule has 0 spiro atoms. The number of rotatable bonds is 8. The standard InChI is InChI=1S/C20H20N6O4S/c1-28-11-19-24-23-18-10-21-15-6-3-12(8-17(15)26(18)19)13-7-16(20(29-2)22-9-13)25-30-31(27)14-4-5-14/h3,6-10,14,25H,4-5,11H2,1-2H3. The lowest BCUT2D eigenvalue weighted by Crippen LogP contribution is -2.09. The molecule has 4 aromatic rings. The molecular weight excluding hydrogens is 420 g/mol. The van der Waals surface area contributed by atoms with E-state index in [9.17, 15) is 4.21 Å². The highest BCUT2D eigenvalue weighted by Gasteiger charge is 2.30. The van der Waals surface area contributed by atoms with E-state index in [4.69, 9.17) is 13.8 Å². The Hall–Kier alpha value is -3.15. The molecule has 3 aromatic heterocycles. The van der Waals surface area contributed by atoms with Gasteiger partial charge in [-0.15, -0.1) is 10.2 Å². The normalized spacial score (nSPS) is 14.8. The number of nitrogens with zero attached hydrogens (tertiary/aromatic N) is 5. The van der Waals surface area contributed by atoms with E-state index in [1.54, 1.807) is 19.5 Å². The zero-order valence-corrected chi connectivity index (χ0v) is 17.8. The first-order chi connectivity index (χ1) is 15.2. The number of anilines is 1. The minimum Gasteiger partial charge on any atom is -0.479 e. The number of hydrogen-bond donors (Lipinski definition) is 1. The van der Waals surface area contributed by atoms with Crippen LogP contribution in [0.5, 0.6) is 5.88 Å². The molecule has 11 heteroatoms. The highest BCUT2D eigenvalue weighted by Crippen LogP contribution is 2.31. The fourth-order valence-electron chi connectivity index (χ4n) is 3.28. The quantitative estimate of drug-likeness (QED) is 0.413. The summed E-state index contributed by atoms with van der Waals surface area (Å²) in [6, 6.07) is 7.72. The second-order valence-corrected chi connectivity index (χ2v) is 8.48. The maximum absolute atomic E-state index is 12.0. The SMILES string of the molecule is COCc1nnc2cnc3ccc(-c4cnc(OC)c(NOS(=O)C5CC5)c4)cc3n12. The van der Waals surface area contributed by atoms with Gasteiger partial charge in [0.05, 0.1) is 29.6 Å². The number of fused-ring (bicyclic) bond motifs is 3. The van der Waals surface area contributed by atoms with Crippen LogP contribution in [0.1, 0.15) is 18.7 Å². The number of benzene rings is 1. The van der Waals surface area contributed by atoms with Crippen molar-refractivity contribution in [3.63, 3.8) is 0 Å². The van der Waals surface area contributed by atoms with Crippen molar-refractivity contribution in [1.82, 2.24) is 24.6 Å². The first-order valence-corrected chi connectivity index (χ1v) is 10.8. The van der Waals surface area contributed by atoms with Gasteiger partial charge in [0.2, 0.25) is 5.88 Å². The number of aromatic nitrogens is 5. The Labute approximate surface area is 180 Å². The van der Waals surface area contributed by atoms with Crippen molar-refractivity contribution in [2.75, 3.05) is 19.7 Å². The Morgan fingerprint density at radius 2 is 2.00 bits per heavy atom. The van der Waals surface area contributed by atoms with E-state index in [0.717, 1.165) is 35.0 Å². The van der Waals surface area contributed by atoms with Gasteiger partial charge in [-0.2, -0.15) is 4.28 Å². The molecule has 1 unspecified atom stereocenters. The summed E-state index contributed by atoms with van der Waals surface area (Å²) in [6.45, 7) is 0.331. The average molecular weight is 440 g/mol. The summed E-state index contributed by atoms with van der Waals surface area (Å²) in [5.41, 5.74) is 7.26. The van der Waals surface area contributed by atoms with Crippen LogP contribution in [0.4, 0.5) is 5.69 Å². The highest BCUT2D eigenvalue weighted by atomic mass is 32.2. The van der Waals surface area contributed by atoms with Gasteiger partial charge in [0.25, 0.3) is 0 Å². The van der Waals surface area contributed by atoms with Crippen LogP contribution in [-0.4, -0.2) is 48.2 Å². The molecule has 1 aliphatic carbocycles. The third kappa shape index (κ3) is 3.82. The second-order valence-electron chi connectivity index (χ2n) is 7.13. The topological polar surface area (TPSA) is 113 Å². The number of pyridine rings is 1. The minimum absolute atomic E-state index is 0.0927. The van der Waals surface area contributed by atoms with Crippen LogP contribution in [0.15, 0.2) is 36.7 Å². The van der Waals surface area contributed by atoms with Crippen LogP contribution in [-0.2, 0) is 26.7 Å². The summed E-state index contributed by atoms with van der Waals surface area (Å²) in [6.07, 6.45) is 5.22. The molecule has 1 saturated carbocycles. The fourth-order valence-corrected chi connectivity index (χ4v) is 4.11. The van der Waals surface area contributed by atoms with Crippen LogP contribution in [0.3, 0.4) is 0 Å². The number of nitrogens with one attached hydrogen (secondary N) is 1. The molecule has 1 atom stereocenters. The third-order valence-electron chi connectivity index (χ3n) is 4.97. The molecule has 0 bridgehead atoms. The van der Waals surface area contributed by atoms with Gasteiger partial charge in [-0.05, 0) is 36.6 Å². The zero-order valence-electron chi connectivity index (χ0n) is 16.9. The first-order valence-electron chi connectivity index (χ1n) is 9.68. The molecule has 0 radical (unpaired) electrons. The van der Waals surface area contributed by atoms with Crippen LogP contribution in [0, 0.1) is 0 Å². The Balaban J connectivity index is 1.54. The first kappa shape index (κ1) is 19.8. The Bertz CT molecular complexity index is 1290. The maximum atomic E-state index is 12.0. The Morgan fingerprint density at radius 1 is 1.13 bits per heavy atom. The third-order valence-corrected chi connectivity index (χ3v) is 6.24. The molecule has 0 aliphatic heterocycles. The lowest BCUT2D eigenvalue weighted by atomic mass is 10.1. The second kappa shape index (κ2) is 8.17. The van der Waals surface area contributed by atoms with E-state index in [-0.39, 0.29) is 5.25 Å². The van der Waals surface area contributed by atoms with Crippen molar-refractivity contribution in [3.05, 3.63) is 42.5 Å². The zero-order chi connectivity index (χ0) is 21.4. The predicted octanol–water partition coefficient (Wildman–Crippen LogP) is 2.66. The fraction of sp³-hybridized carbons (Fsp3) is 0.300. The summed E-state index contributed by atoms with van der Waals surface area (Å²) in [5.74, 6) is 1.04. The average Bonchev–Trinajstić information content (AvgIpc) is 3.58. The maximum Gasteiger partial charge on any atom is 0.239 e. The Morgan fingerprint density at radius 3 is 2.77 bits per heavy atom. The van der Waals surface area contributed by atoms with Gasteiger partial charge < -0.3 is 9.47 Å². The summed E-state index contributed by atoms with van der Waals surface area (Å²) in [7, 11) is 3.14. The summed E-state index contributed by atoms with van der Waals surface area (Å²) in [4.78, 5) is 8.83. The van der Waals surface area contributed by atoms with Crippen molar-refractivity contribution >= 4 is 33.4 Å². The summed E-state index contributed by atoms with van der Waals surface area (Å²) in [5, 5.41) is 8.46. The van der Waals surface area contributed by atoms with Crippen LogP contribution in [0.25, 0.3) is 27.8 Å². The molecule has 0 saturated heterocycles. The molecule has 31 heavy (non-hydrogen) atoms. The minimum atomic E-state index is -1.39. The van der Waals surface area contributed by atoms with Crippen LogP contribution in [0.2, 0.25) is 0 Å². The van der Waals surface area contributed by atoms with Gasteiger partial charge in [-0.1, -0.05) is 6.07 Å².